The molecule has 0 amide bonds. The maximum Gasteiger partial charge on any atom is 0.338 e. The largest absolute Gasteiger partial charge is 0.478 e. The van der Waals surface area contributed by atoms with Crippen molar-refractivity contribution in [3.05, 3.63) is 29.3 Å². The van der Waals surface area contributed by atoms with Crippen LogP contribution in [0, 0.1) is 0 Å². The number of benzene rings is 1. The fourth-order valence-electron chi connectivity index (χ4n) is 2.36. The lowest BCUT2D eigenvalue weighted by Crippen LogP contribution is -2.32. The van der Waals surface area contributed by atoms with E-state index < -0.39 is 11.9 Å². The number of hydrogen-bond acceptors (Lipinski definition) is 5. The number of nitrogens with two attached hydrogens (primary N) is 1. The van der Waals surface area contributed by atoms with Gasteiger partial charge in [-0.15, -0.1) is 0 Å². The number of likely N-dealkylation sites (N-methyl/N-ethyl adjacent to an activating group) is 2. The van der Waals surface area contributed by atoms with Crippen molar-refractivity contribution in [2.24, 2.45) is 0 Å². The predicted octanol–water partition coefficient (Wildman–Crippen LogP) is 1.26. The third-order valence-corrected chi connectivity index (χ3v) is 4.02. The molecule has 7 heteroatoms. The first-order chi connectivity index (χ1) is 10.2. The van der Waals surface area contributed by atoms with Crippen molar-refractivity contribution >= 4 is 17.6 Å². The molecule has 2 unspecified atom stereocenters. The van der Waals surface area contributed by atoms with Crippen molar-refractivity contribution in [3.8, 4) is 0 Å². The van der Waals surface area contributed by atoms with Gasteiger partial charge in [-0.1, -0.05) is 6.07 Å². The van der Waals surface area contributed by atoms with Crippen LogP contribution in [0.4, 0.5) is 5.69 Å². The molecule has 0 radical (unpaired) electrons. The van der Waals surface area contributed by atoms with Gasteiger partial charge in [0.1, 0.15) is 0 Å². The molecule has 0 bridgehead atoms. The van der Waals surface area contributed by atoms with Gasteiger partial charge in [0.25, 0.3) is 0 Å². The number of carboxylic acids is 2. The van der Waals surface area contributed by atoms with E-state index in [9.17, 15) is 9.59 Å². The van der Waals surface area contributed by atoms with Crippen LogP contribution in [0.3, 0.4) is 0 Å². The Labute approximate surface area is 129 Å². The molecule has 2 atom stereocenters. The summed E-state index contributed by atoms with van der Waals surface area (Å²) < 4.78 is 0. The molecule has 1 fully saturated rings. The summed E-state index contributed by atoms with van der Waals surface area (Å²) in [6.45, 7) is 5.71. The molecule has 4 N–H and O–H groups in total. The zero-order valence-electron chi connectivity index (χ0n) is 13.3. The minimum atomic E-state index is -1.34. The van der Waals surface area contributed by atoms with Crippen LogP contribution in [0.2, 0.25) is 0 Å². The summed E-state index contributed by atoms with van der Waals surface area (Å²) in [5.74, 6) is -2.64. The Kier molecular flexibility index (Phi) is 5.90. The summed E-state index contributed by atoms with van der Waals surface area (Å²) in [6.07, 6.45) is 0.625. The normalized spacial score (nSPS) is 22.0. The SMILES string of the molecule is CC1CN(C)C(C)N1C.Nc1cccc(C(=O)O)c1C(=O)O. The molecule has 1 aliphatic rings. The van der Waals surface area contributed by atoms with Crippen molar-refractivity contribution in [3.63, 3.8) is 0 Å². The number of aromatic carboxylic acids is 2. The number of anilines is 1. The highest BCUT2D eigenvalue weighted by Gasteiger charge is 2.27. The standard InChI is InChI=1S/C8H7NO4.C7H16N2/c9-5-3-1-2-4(7(10)11)6(5)8(12)13;1-6-5-8(3)7(2)9(6)4/h1-3H,9H2,(H,10,11)(H,12,13);6-7H,5H2,1-4H3. The van der Waals surface area contributed by atoms with Gasteiger partial charge in [0, 0.05) is 18.3 Å². The van der Waals surface area contributed by atoms with Crippen molar-refractivity contribution in [2.45, 2.75) is 26.1 Å². The fraction of sp³-hybridized carbons (Fsp3) is 0.467. The second-order valence-corrected chi connectivity index (χ2v) is 5.47. The second kappa shape index (κ2) is 7.24. The Morgan fingerprint density at radius 2 is 1.77 bits per heavy atom. The smallest absolute Gasteiger partial charge is 0.338 e. The van der Waals surface area contributed by atoms with E-state index in [2.05, 4.69) is 37.7 Å². The van der Waals surface area contributed by atoms with Crippen LogP contribution in [0.5, 0.6) is 0 Å². The minimum absolute atomic E-state index is 0.0487. The quantitative estimate of drug-likeness (QED) is 0.706. The molecule has 1 aromatic rings. The highest BCUT2D eigenvalue weighted by molar-refractivity contribution is 6.05. The van der Waals surface area contributed by atoms with Crippen molar-refractivity contribution in [1.82, 2.24) is 9.80 Å². The number of nitrogen functional groups attached to an aromatic ring is 1. The van der Waals surface area contributed by atoms with Gasteiger partial charge >= 0.3 is 11.9 Å². The first-order valence-electron chi connectivity index (χ1n) is 6.94. The Hall–Kier alpha value is -2.12. The molecule has 0 spiro atoms. The third-order valence-electron chi connectivity index (χ3n) is 4.02. The summed E-state index contributed by atoms with van der Waals surface area (Å²) in [7, 11) is 4.35. The Morgan fingerprint density at radius 1 is 1.18 bits per heavy atom. The Bertz CT molecular complexity index is 550. The third kappa shape index (κ3) is 3.96. The molecule has 122 valence electrons. The van der Waals surface area contributed by atoms with Crippen molar-refractivity contribution < 1.29 is 19.8 Å². The van der Waals surface area contributed by atoms with Gasteiger partial charge < -0.3 is 15.9 Å². The number of rotatable bonds is 2. The van der Waals surface area contributed by atoms with Gasteiger partial charge in [-0.2, -0.15) is 0 Å². The number of carbonyl (C=O) groups is 2. The van der Waals surface area contributed by atoms with Crippen molar-refractivity contribution in [1.29, 1.82) is 0 Å². The minimum Gasteiger partial charge on any atom is -0.478 e. The van der Waals surface area contributed by atoms with Crippen LogP contribution < -0.4 is 5.73 Å². The van der Waals surface area contributed by atoms with E-state index >= 15 is 0 Å². The van der Waals surface area contributed by atoms with E-state index in [1.807, 2.05) is 0 Å². The Balaban J connectivity index is 0.000000235. The average molecular weight is 309 g/mol. The molecule has 1 aliphatic heterocycles. The molecular weight excluding hydrogens is 286 g/mol. The van der Waals surface area contributed by atoms with Crippen molar-refractivity contribution in [2.75, 3.05) is 26.4 Å². The van der Waals surface area contributed by atoms with Gasteiger partial charge in [0.05, 0.1) is 17.3 Å². The van der Waals surface area contributed by atoms with Crippen LogP contribution in [-0.2, 0) is 0 Å². The number of hydrogen-bond donors (Lipinski definition) is 3. The molecule has 7 nitrogen and oxygen atoms in total. The summed E-state index contributed by atoms with van der Waals surface area (Å²) in [5, 5.41) is 17.3. The Morgan fingerprint density at radius 3 is 2.05 bits per heavy atom. The first kappa shape index (κ1) is 17.9. The topological polar surface area (TPSA) is 107 Å². The van der Waals surface area contributed by atoms with E-state index in [1.54, 1.807) is 0 Å². The van der Waals surface area contributed by atoms with Gasteiger partial charge in [0.15, 0.2) is 0 Å². The monoisotopic (exact) mass is 309 g/mol. The van der Waals surface area contributed by atoms with E-state index in [-0.39, 0.29) is 16.8 Å². The molecule has 1 heterocycles. The maximum absolute atomic E-state index is 10.6. The predicted molar refractivity (Wildman–Crippen MR) is 84.1 cm³/mol. The lowest BCUT2D eigenvalue weighted by Gasteiger charge is -2.21. The average Bonchev–Trinajstić information content (AvgIpc) is 2.65. The van der Waals surface area contributed by atoms with E-state index in [4.69, 9.17) is 15.9 Å². The summed E-state index contributed by atoms with van der Waals surface area (Å²) in [5.41, 5.74) is 4.60. The highest BCUT2D eigenvalue weighted by Crippen LogP contribution is 2.16. The molecule has 0 aliphatic carbocycles. The van der Waals surface area contributed by atoms with Gasteiger partial charge in [-0.05, 0) is 40.1 Å². The van der Waals surface area contributed by atoms with Crippen LogP contribution in [-0.4, -0.2) is 64.8 Å². The molecule has 1 saturated heterocycles. The molecule has 0 saturated carbocycles. The van der Waals surface area contributed by atoms with Crippen LogP contribution in [0.15, 0.2) is 18.2 Å². The maximum atomic E-state index is 10.6. The van der Waals surface area contributed by atoms with E-state index in [0.29, 0.717) is 6.17 Å². The van der Waals surface area contributed by atoms with E-state index in [1.165, 1.54) is 24.7 Å². The second-order valence-electron chi connectivity index (χ2n) is 5.47. The van der Waals surface area contributed by atoms with E-state index in [0.717, 1.165) is 6.04 Å². The lowest BCUT2D eigenvalue weighted by atomic mass is 10.1. The van der Waals surface area contributed by atoms with Crippen LogP contribution in [0.25, 0.3) is 0 Å². The van der Waals surface area contributed by atoms with Gasteiger partial charge in [-0.25, -0.2) is 9.59 Å². The van der Waals surface area contributed by atoms with Crippen LogP contribution >= 0.6 is 0 Å². The molecule has 22 heavy (non-hydrogen) atoms. The number of carboxylic acid groups (broad SMARTS) is 2. The number of nitrogens with zero attached hydrogens (tertiary/aromatic N) is 2. The summed E-state index contributed by atoms with van der Waals surface area (Å²) in [6, 6.07) is 4.66. The fourth-order valence-corrected chi connectivity index (χ4v) is 2.36. The lowest BCUT2D eigenvalue weighted by molar-refractivity contribution is 0.0652. The summed E-state index contributed by atoms with van der Waals surface area (Å²) in [4.78, 5) is 25.9. The zero-order valence-corrected chi connectivity index (χ0v) is 13.3. The zero-order chi connectivity index (χ0) is 17.0. The molecule has 2 rings (SSSR count). The molecule has 0 aromatic heterocycles. The molecule has 1 aromatic carbocycles. The van der Waals surface area contributed by atoms with Gasteiger partial charge in [-0.3, -0.25) is 9.80 Å². The molecular formula is C15H23N3O4. The van der Waals surface area contributed by atoms with Gasteiger partial charge in [0.2, 0.25) is 0 Å². The first-order valence-corrected chi connectivity index (χ1v) is 6.94. The summed E-state index contributed by atoms with van der Waals surface area (Å²) >= 11 is 0. The van der Waals surface area contributed by atoms with Crippen LogP contribution in [0.1, 0.15) is 34.6 Å². The highest BCUT2D eigenvalue weighted by atomic mass is 16.4.